The maximum atomic E-state index is 11.0. The third-order valence-corrected chi connectivity index (χ3v) is 2.25. The van der Waals surface area contributed by atoms with Crippen molar-refractivity contribution in [2.45, 2.75) is 40.0 Å². The van der Waals surface area contributed by atoms with E-state index in [2.05, 4.69) is 32.1 Å². The lowest BCUT2D eigenvalue weighted by molar-refractivity contribution is -0.127. The number of rotatable bonds is 6. The first-order chi connectivity index (χ1) is 7.07. The van der Waals surface area contributed by atoms with E-state index in [1.54, 1.807) is 11.8 Å². The lowest BCUT2D eigenvalue weighted by atomic mass is 10.2. The topological polar surface area (TPSA) is 20.3 Å². The van der Waals surface area contributed by atoms with Gasteiger partial charge in [0, 0.05) is 20.5 Å². The highest BCUT2D eigenvalue weighted by atomic mass is 16.2. The van der Waals surface area contributed by atoms with Gasteiger partial charge in [-0.1, -0.05) is 30.7 Å². The minimum Gasteiger partial charge on any atom is -0.342 e. The van der Waals surface area contributed by atoms with Gasteiger partial charge < -0.3 is 4.90 Å². The average molecular weight is 209 g/mol. The molecule has 86 valence electrons. The van der Waals surface area contributed by atoms with Crippen LogP contribution in [0.3, 0.4) is 0 Å². The first kappa shape index (κ1) is 13.9. The summed E-state index contributed by atoms with van der Waals surface area (Å²) in [5.74, 6) is 0.119. The molecule has 0 aliphatic rings. The van der Waals surface area contributed by atoms with Crippen LogP contribution < -0.4 is 0 Å². The first-order valence-corrected chi connectivity index (χ1v) is 5.60. The molecular weight excluding hydrogens is 186 g/mol. The quantitative estimate of drug-likeness (QED) is 0.486. The molecule has 0 heterocycles. The molecule has 0 aliphatic carbocycles. The van der Waals surface area contributed by atoms with Gasteiger partial charge in [-0.3, -0.25) is 4.79 Å². The van der Waals surface area contributed by atoms with E-state index in [9.17, 15) is 4.79 Å². The molecule has 0 spiro atoms. The molecule has 0 aliphatic heterocycles. The van der Waals surface area contributed by atoms with Crippen LogP contribution in [0.1, 0.15) is 40.0 Å². The molecule has 2 nitrogen and oxygen atoms in total. The summed E-state index contributed by atoms with van der Waals surface area (Å²) in [4.78, 5) is 12.7. The molecule has 0 bridgehead atoms. The number of carbonyl (C=O) groups is 1. The van der Waals surface area contributed by atoms with E-state index >= 15 is 0 Å². The maximum Gasteiger partial charge on any atom is 0.219 e. The number of hydrogen-bond acceptors (Lipinski definition) is 1. The molecule has 0 aromatic carbocycles. The summed E-state index contributed by atoms with van der Waals surface area (Å²) in [7, 11) is 1.83. The summed E-state index contributed by atoms with van der Waals surface area (Å²) < 4.78 is 0. The number of hydrogen-bond donors (Lipinski definition) is 0. The largest absolute Gasteiger partial charge is 0.342 e. The Labute approximate surface area is 93.7 Å². The summed E-state index contributed by atoms with van der Waals surface area (Å²) in [5.41, 5.74) is 1.26. The second kappa shape index (κ2) is 8.27. The van der Waals surface area contributed by atoms with Crippen molar-refractivity contribution in [3.8, 4) is 0 Å². The molecule has 1 amide bonds. The van der Waals surface area contributed by atoms with Crippen LogP contribution in [0.5, 0.6) is 0 Å². The fourth-order valence-corrected chi connectivity index (χ4v) is 1.26. The number of likely N-dealkylation sites (N-methyl/N-ethyl adjacent to an activating group) is 1. The Bertz CT molecular complexity index is 241. The lowest BCUT2D eigenvalue weighted by Crippen LogP contribution is -2.25. The van der Waals surface area contributed by atoms with Crippen molar-refractivity contribution in [1.82, 2.24) is 4.90 Å². The van der Waals surface area contributed by atoms with Gasteiger partial charge >= 0.3 is 0 Å². The molecule has 0 radical (unpaired) electrons. The zero-order valence-corrected chi connectivity index (χ0v) is 10.4. The number of carbonyl (C=O) groups excluding carboxylic acids is 1. The van der Waals surface area contributed by atoms with Crippen molar-refractivity contribution in [1.29, 1.82) is 0 Å². The fraction of sp³-hybridized carbons (Fsp3) is 0.615. The molecule has 0 aromatic rings. The number of unbranched alkanes of at least 4 members (excludes halogenated alkanes) is 1. The Kier molecular flexibility index (Phi) is 7.69. The minimum atomic E-state index is 0.119. The zero-order valence-electron chi connectivity index (χ0n) is 10.4. The first-order valence-electron chi connectivity index (χ1n) is 5.60. The molecule has 0 fully saturated rings. The van der Waals surface area contributed by atoms with Crippen molar-refractivity contribution in [2.75, 3.05) is 13.6 Å². The molecule has 0 N–H and O–H groups in total. The maximum absolute atomic E-state index is 11.0. The Morgan fingerprint density at radius 2 is 1.87 bits per heavy atom. The van der Waals surface area contributed by atoms with Gasteiger partial charge in [-0.2, -0.15) is 0 Å². The van der Waals surface area contributed by atoms with E-state index in [1.165, 1.54) is 5.57 Å². The Morgan fingerprint density at radius 1 is 1.20 bits per heavy atom. The standard InChI is InChI=1S/C13H23NO/c1-5-6-7-8-9-10-12(2)11-14(4)13(3)15/h6-7,10H,5,8-9,11H2,1-4H3/b7-6-,12-10-. The molecule has 0 aromatic heterocycles. The average Bonchev–Trinajstić information content (AvgIpc) is 2.17. The Morgan fingerprint density at radius 3 is 2.40 bits per heavy atom. The van der Waals surface area contributed by atoms with Crippen molar-refractivity contribution >= 4 is 5.91 Å². The second-order valence-electron chi connectivity index (χ2n) is 3.88. The van der Waals surface area contributed by atoms with Crippen LogP contribution in [-0.2, 0) is 4.79 Å². The molecule has 0 saturated heterocycles. The molecule has 0 atom stereocenters. The summed E-state index contributed by atoms with van der Waals surface area (Å²) in [5, 5.41) is 0. The van der Waals surface area contributed by atoms with E-state index in [-0.39, 0.29) is 5.91 Å². The smallest absolute Gasteiger partial charge is 0.219 e. The van der Waals surface area contributed by atoms with Crippen molar-refractivity contribution in [3.63, 3.8) is 0 Å². The van der Waals surface area contributed by atoms with Gasteiger partial charge in [0.1, 0.15) is 0 Å². The molecule has 0 saturated carbocycles. The number of amides is 1. The van der Waals surface area contributed by atoms with Gasteiger partial charge in [0.05, 0.1) is 0 Å². The van der Waals surface area contributed by atoms with Crippen LogP contribution in [0, 0.1) is 0 Å². The molecule has 0 rings (SSSR count). The molecule has 15 heavy (non-hydrogen) atoms. The van der Waals surface area contributed by atoms with E-state index in [0.717, 1.165) is 25.8 Å². The highest BCUT2D eigenvalue weighted by Gasteiger charge is 2.01. The van der Waals surface area contributed by atoms with E-state index < -0.39 is 0 Å². The van der Waals surface area contributed by atoms with Crippen molar-refractivity contribution in [3.05, 3.63) is 23.8 Å². The van der Waals surface area contributed by atoms with Crippen LogP contribution in [0.15, 0.2) is 23.8 Å². The van der Waals surface area contributed by atoms with E-state index in [4.69, 9.17) is 0 Å². The second-order valence-corrected chi connectivity index (χ2v) is 3.88. The van der Waals surface area contributed by atoms with Crippen LogP contribution >= 0.6 is 0 Å². The summed E-state index contributed by atoms with van der Waals surface area (Å²) in [6.07, 6.45) is 9.86. The van der Waals surface area contributed by atoms with Gasteiger partial charge in [-0.15, -0.1) is 0 Å². The van der Waals surface area contributed by atoms with Crippen LogP contribution in [0.2, 0.25) is 0 Å². The predicted molar refractivity (Wildman–Crippen MR) is 65.7 cm³/mol. The third-order valence-electron chi connectivity index (χ3n) is 2.25. The van der Waals surface area contributed by atoms with Gasteiger partial charge in [-0.05, 0) is 26.2 Å². The predicted octanol–water partition coefficient (Wildman–Crippen LogP) is 3.16. The number of nitrogens with zero attached hydrogens (tertiary/aromatic N) is 1. The third kappa shape index (κ3) is 7.98. The monoisotopic (exact) mass is 209 g/mol. The highest BCUT2D eigenvalue weighted by molar-refractivity contribution is 5.73. The molecule has 0 unspecified atom stereocenters. The van der Waals surface area contributed by atoms with Gasteiger partial charge in [0.2, 0.25) is 5.91 Å². The normalized spacial score (nSPS) is 12.1. The van der Waals surface area contributed by atoms with Crippen LogP contribution in [-0.4, -0.2) is 24.4 Å². The van der Waals surface area contributed by atoms with Crippen LogP contribution in [0.25, 0.3) is 0 Å². The molecule has 2 heteroatoms. The zero-order chi connectivity index (χ0) is 11.7. The van der Waals surface area contributed by atoms with Crippen LogP contribution in [0.4, 0.5) is 0 Å². The SMILES string of the molecule is CC/C=C\CC/C=C(/C)CN(C)C(C)=O. The fourth-order valence-electron chi connectivity index (χ4n) is 1.26. The van der Waals surface area contributed by atoms with E-state index in [0.29, 0.717) is 0 Å². The summed E-state index contributed by atoms with van der Waals surface area (Å²) in [6.45, 7) is 6.55. The summed E-state index contributed by atoms with van der Waals surface area (Å²) >= 11 is 0. The highest BCUT2D eigenvalue weighted by Crippen LogP contribution is 2.02. The lowest BCUT2D eigenvalue weighted by Gasteiger charge is -2.14. The van der Waals surface area contributed by atoms with Gasteiger partial charge in [0.15, 0.2) is 0 Å². The Balaban J connectivity index is 3.79. The van der Waals surface area contributed by atoms with Gasteiger partial charge in [-0.25, -0.2) is 0 Å². The number of allylic oxidation sites excluding steroid dienone is 3. The van der Waals surface area contributed by atoms with E-state index in [1.807, 2.05) is 7.05 Å². The van der Waals surface area contributed by atoms with Gasteiger partial charge in [0.25, 0.3) is 0 Å². The Hall–Kier alpha value is -1.05. The minimum absolute atomic E-state index is 0.119. The van der Waals surface area contributed by atoms with Crippen molar-refractivity contribution < 1.29 is 4.79 Å². The van der Waals surface area contributed by atoms with Crippen molar-refractivity contribution in [2.24, 2.45) is 0 Å². The summed E-state index contributed by atoms with van der Waals surface area (Å²) in [6, 6.07) is 0. The molecular formula is C13H23NO.